The third-order valence-electron chi connectivity index (χ3n) is 11.5. The molecular formula is C37H55NO2Si. The van der Waals surface area contributed by atoms with Crippen LogP contribution < -0.4 is 0 Å². The summed E-state index contributed by atoms with van der Waals surface area (Å²) in [5.41, 5.74) is 9.78. The van der Waals surface area contributed by atoms with Crippen molar-refractivity contribution in [3.05, 3.63) is 63.5 Å². The summed E-state index contributed by atoms with van der Waals surface area (Å²) in [6.07, 6.45) is 12.1. The molecule has 0 unspecified atom stereocenters. The van der Waals surface area contributed by atoms with E-state index in [1.807, 2.05) is 0 Å². The zero-order chi connectivity index (χ0) is 29.4. The Bertz CT molecular complexity index is 1270. The maximum absolute atomic E-state index is 7.45. The summed E-state index contributed by atoms with van der Waals surface area (Å²) in [5, 5.41) is 0.164. The maximum Gasteiger partial charge on any atom is 0.192 e. The minimum Gasteiger partial charge on any atom is -0.410 e. The minimum atomic E-state index is -2.01. The second kappa shape index (κ2) is 10.3. The molecule has 6 rings (SSSR count). The highest BCUT2D eigenvalue weighted by Crippen LogP contribution is 2.61. The summed E-state index contributed by atoms with van der Waals surface area (Å²) < 4.78 is 14.9. The number of rotatable bonds is 5. The Hall–Kier alpha value is -1.49. The monoisotopic (exact) mass is 573 g/mol. The fraction of sp³-hybridized carbons (Fsp3) is 0.703. The van der Waals surface area contributed by atoms with E-state index in [-0.39, 0.29) is 28.3 Å². The molecule has 4 heteroatoms. The standard InChI is InChI=1S/C37H55NO2Si/c1-24(2)25-16-18-27(19-17-25)34-31-32(37(39-34)20-12-13-21-37)30-28(38-33(31)26-14-10-11-15-26)22-36(6,7)23-29(30)40-41(8,9)35(3,4)5/h16-19,24,26,29,34H,10-15,20-23H2,1-9H3/t29-,34+/m0/s1. The van der Waals surface area contributed by atoms with E-state index in [4.69, 9.17) is 14.1 Å². The zero-order valence-electron chi connectivity index (χ0n) is 27.5. The Morgan fingerprint density at radius 1 is 0.951 bits per heavy atom. The van der Waals surface area contributed by atoms with Crippen molar-refractivity contribution in [2.75, 3.05) is 0 Å². The van der Waals surface area contributed by atoms with Crippen molar-refractivity contribution >= 4 is 8.32 Å². The van der Waals surface area contributed by atoms with Crippen LogP contribution in [-0.4, -0.2) is 13.3 Å². The van der Waals surface area contributed by atoms with Gasteiger partial charge in [0.05, 0.1) is 17.4 Å². The van der Waals surface area contributed by atoms with Crippen LogP contribution in [0.1, 0.15) is 170 Å². The summed E-state index contributed by atoms with van der Waals surface area (Å²) in [4.78, 5) is 5.74. The molecule has 2 atom stereocenters. The molecule has 0 bridgehead atoms. The lowest BCUT2D eigenvalue weighted by atomic mass is 9.70. The van der Waals surface area contributed by atoms with Gasteiger partial charge in [0.25, 0.3) is 0 Å². The fourth-order valence-electron chi connectivity index (χ4n) is 8.14. The Balaban J connectivity index is 1.59. The molecule has 2 saturated carbocycles. The molecule has 2 aromatic rings. The Morgan fingerprint density at radius 3 is 2.17 bits per heavy atom. The van der Waals surface area contributed by atoms with Gasteiger partial charge in [0.1, 0.15) is 6.10 Å². The van der Waals surface area contributed by atoms with Crippen molar-refractivity contribution in [2.24, 2.45) is 5.41 Å². The van der Waals surface area contributed by atoms with Crippen molar-refractivity contribution in [3.63, 3.8) is 0 Å². The van der Waals surface area contributed by atoms with Gasteiger partial charge in [-0.3, -0.25) is 4.98 Å². The lowest BCUT2D eigenvalue weighted by molar-refractivity contribution is -0.0579. The number of pyridine rings is 1. The average Bonchev–Trinajstić information content (AvgIpc) is 3.64. The van der Waals surface area contributed by atoms with E-state index >= 15 is 0 Å². The van der Waals surface area contributed by atoms with E-state index in [1.54, 1.807) is 0 Å². The van der Waals surface area contributed by atoms with Crippen molar-refractivity contribution in [1.29, 1.82) is 0 Å². The second-order valence-corrected chi connectivity index (χ2v) is 21.3. The molecule has 2 fully saturated rings. The summed E-state index contributed by atoms with van der Waals surface area (Å²) in [6.45, 7) is 21.4. The molecule has 41 heavy (non-hydrogen) atoms. The van der Waals surface area contributed by atoms with Crippen LogP contribution >= 0.6 is 0 Å². The van der Waals surface area contributed by atoms with Gasteiger partial charge in [-0.05, 0) is 84.7 Å². The average molecular weight is 574 g/mol. The van der Waals surface area contributed by atoms with Gasteiger partial charge in [-0.2, -0.15) is 0 Å². The molecule has 0 saturated heterocycles. The van der Waals surface area contributed by atoms with E-state index in [0.29, 0.717) is 11.8 Å². The number of benzene rings is 1. The zero-order valence-corrected chi connectivity index (χ0v) is 28.5. The number of hydrogen-bond donors (Lipinski definition) is 0. The molecule has 0 N–H and O–H groups in total. The summed E-state index contributed by atoms with van der Waals surface area (Å²) >= 11 is 0. The Labute approximate surface area is 251 Å². The smallest absolute Gasteiger partial charge is 0.192 e. The van der Waals surface area contributed by atoms with Gasteiger partial charge in [-0.1, -0.05) is 98.4 Å². The number of fused-ring (bicyclic) bond motifs is 4. The number of ether oxygens (including phenoxy) is 1. The van der Waals surface area contributed by atoms with E-state index in [2.05, 4.69) is 85.8 Å². The van der Waals surface area contributed by atoms with Crippen molar-refractivity contribution in [1.82, 2.24) is 4.98 Å². The first kappa shape index (κ1) is 29.6. The van der Waals surface area contributed by atoms with E-state index in [0.717, 1.165) is 25.7 Å². The van der Waals surface area contributed by atoms with Crippen molar-refractivity contribution < 1.29 is 9.16 Å². The van der Waals surface area contributed by atoms with Gasteiger partial charge in [0, 0.05) is 22.7 Å². The fourth-order valence-corrected chi connectivity index (χ4v) is 9.41. The van der Waals surface area contributed by atoms with Crippen LogP contribution in [-0.2, 0) is 21.2 Å². The van der Waals surface area contributed by atoms with Crippen LogP contribution in [0, 0.1) is 5.41 Å². The molecule has 0 radical (unpaired) electrons. The van der Waals surface area contributed by atoms with Crippen molar-refractivity contribution in [3.8, 4) is 0 Å². The van der Waals surface area contributed by atoms with Crippen LogP contribution in [0.25, 0.3) is 0 Å². The first-order chi connectivity index (χ1) is 19.2. The number of nitrogens with zero attached hydrogens (tertiary/aromatic N) is 1. The molecule has 3 aliphatic carbocycles. The first-order valence-corrected chi connectivity index (χ1v) is 19.6. The lowest BCUT2D eigenvalue weighted by Gasteiger charge is -2.45. The molecule has 2 heterocycles. The van der Waals surface area contributed by atoms with Gasteiger partial charge in [-0.25, -0.2) is 0 Å². The van der Waals surface area contributed by atoms with Crippen LogP contribution in [0.3, 0.4) is 0 Å². The van der Waals surface area contributed by atoms with E-state index in [1.165, 1.54) is 77.7 Å². The molecule has 224 valence electrons. The predicted octanol–water partition coefficient (Wildman–Crippen LogP) is 10.8. The highest BCUT2D eigenvalue weighted by Gasteiger charge is 2.54. The minimum absolute atomic E-state index is 0.0267. The molecule has 1 aromatic carbocycles. The normalized spacial score (nSPS) is 25.7. The highest BCUT2D eigenvalue weighted by atomic mass is 28.4. The van der Waals surface area contributed by atoms with E-state index < -0.39 is 8.32 Å². The second-order valence-electron chi connectivity index (χ2n) is 16.6. The summed E-state index contributed by atoms with van der Waals surface area (Å²) in [6, 6.07) is 9.36. The summed E-state index contributed by atoms with van der Waals surface area (Å²) in [7, 11) is -2.01. The Kier molecular flexibility index (Phi) is 7.43. The largest absolute Gasteiger partial charge is 0.410 e. The van der Waals surface area contributed by atoms with Gasteiger partial charge >= 0.3 is 0 Å². The van der Waals surface area contributed by atoms with Crippen LogP contribution in [0.4, 0.5) is 0 Å². The molecular weight excluding hydrogens is 518 g/mol. The lowest BCUT2D eigenvalue weighted by Crippen LogP contribution is -2.44. The number of hydrogen-bond acceptors (Lipinski definition) is 3. The number of aromatic nitrogens is 1. The molecule has 0 amide bonds. The maximum atomic E-state index is 7.45. The third kappa shape index (κ3) is 5.18. The van der Waals surface area contributed by atoms with Gasteiger partial charge in [0.15, 0.2) is 8.32 Å². The highest BCUT2D eigenvalue weighted by molar-refractivity contribution is 6.74. The van der Waals surface area contributed by atoms with Crippen molar-refractivity contribution in [2.45, 2.75) is 160 Å². The van der Waals surface area contributed by atoms with Crippen LogP contribution in [0.2, 0.25) is 18.1 Å². The molecule has 1 aliphatic heterocycles. The molecule has 3 nitrogen and oxygen atoms in total. The first-order valence-electron chi connectivity index (χ1n) is 16.7. The summed E-state index contributed by atoms with van der Waals surface area (Å²) in [5.74, 6) is 1.08. The van der Waals surface area contributed by atoms with Crippen LogP contribution in [0.15, 0.2) is 24.3 Å². The third-order valence-corrected chi connectivity index (χ3v) is 15.9. The molecule has 1 spiro atoms. The molecule has 1 aromatic heterocycles. The van der Waals surface area contributed by atoms with Gasteiger partial charge in [-0.15, -0.1) is 0 Å². The molecule has 4 aliphatic rings. The van der Waals surface area contributed by atoms with Gasteiger partial charge in [0.2, 0.25) is 0 Å². The predicted molar refractivity (Wildman–Crippen MR) is 172 cm³/mol. The quantitative estimate of drug-likeness (QED) is 0.333. The SMILES string of the molecule is CC(C)c1ccc([C@H]2OC3(CCCC3)c3c2c(C2CCCC2)nc2c3[C@@H](O[Si](C)(C)C(C)(C)C)CC(C)(C)C2)cc1. The Morgan fingerprint density at radius 2 is 1.59 bits per heavy atom. The topological polar surface area (TPSA) is 31.4 Å². The van der Waals surface area contributed by atoms with Crippen LogP contribution in [0.5, 0.6) is 0 Å². The van der Waals surface area contributed by atoms with Gasteiger partial charge < -0.3 is 9.16 Å². The van der Waals surface area contributed by atoms with E-state index in [9.17, 15) is 0 Å².